The topological polar surface area (TPSA) is 105 Å². The molecule has 23 heavy (non-hydrogen) atoms. The number of halogens is 2. The van der Waals surface area contributed by atoms with Gasteiger partial charge in [0.25, 0.3) is 0 Å². The van der Waals surface area contributed by atoms with Crippen LogP contribution in [0.4, 0.5) is 5.88 Å². The van der Waals surface area contributed by atoms with Crippen LogP contribution in [0.1, 0.15) is 16.8 Å². The van der Waals surface area contributed by atoms with Gasteiger partial charge in [-0.2, -0.15) is 5.26 Å². The number of hydrogen-bond acceptors (Lipinski definition) is 6. The van der Waals surface area contributed by atoms with Gasteiger partial charge < -0.3 is 9.26 Å². The first-order chi connectivity index (χ1) is 11.0. The summed E-state index contributed by atoms with van der Waals surface area (Å²) in [4.78, 5) is 23.6. The summed E-state index contributed by atoms with van der Waals surface area (Å²) in [5.41, 5.74) is 0.147. The van der Waals surface area contributed by atoms with E-state index in [-0.39, 0.29) is 32.8 Å². The van der Waals surface area contributed by atoms with Crippen molar-refractivity contribution in [2.24, 2.45) is 0 Å². The second-order valence-corrected chi connectivity index (χ2v) is 5.02. The predicted molar refractivity (Wildman–Crippen MR) is 82.2 cm³/mol. The van der Waals surface area contributed by atoms with Crippen LogP contribution < -0.4 is 5.32 Å². The third kappa shape index (κ3) is 3.44. The predicted octanol–water partition coefficient (Wildman–Crippen LogP) is 3.29. The maximum absolute atomic E-state index is 12.0. The Morgan fingerprint density at radius 1 is 1.39 bits per heavy atom. The standard InChI is InChI=1S/C14H9Cl2N3O4/c1-22-14(21)11-12(10-7(15)3-2-4-8(10)16)19-23-13(11)18-9(20)5-6-17/h2-4H,5H2,1H3,(H,18,20). The third-order valence-corrected chi connectivity index (χ3v) is 3.40. The Hall–Kier alpha value is -2.56. The summed E-state index contributed by atoms with van der Waals surface area (Å²) < 4.78 is 9.67. The Bertz CT molecular complexity index is 791. The number of rotatable bonds is 4. The van der Waals surface area contributed by atoms with E-state index in [0.717, 1.165) is 7.11 Å². The number of anilines is 1. The molecule has 9 heteroatoms. The van der Waals surface area contributed by atoms with Crippen molar-refractivity contribution < 1.29 is 18.8 Å². The van der Waals surface area contributed by atoms with Gasteiger partial charge in [0.15, 0.2) is 5.56 Å². The van der Waals surface area contributed by atoms with E-state index in [4.69, 9.17) is 33.0 Å². The van der Waals surface area contributed by atoms with Crippen LogP contribution in [0.3, 0.4) is 0 Å². The molecule has 0 saturated carbocycles. The van der Waals surface area contributed by atoms with Crippen LogP contribution in [0.5, 0.6) is 0 Å². The lowest BCUT2D eigenvalue weighted by Crippen LogP contribution is -2.13. The fraction of sp³-hybridized carbons (Fsp3) is 0.143. The van der Waals surface area contributed by atoms with Crippen molar-refractivity contribution in [3.63, 3.8) is 0 Å². The van der Waals surface area contributed by atoms with Gasteiger partial charge in [-0.25, -0.2) is 4.79 Å². The molecule has 1 N–H and O–H groups in total. The number of nitrogens with one attached hydrogen (secondary N) is 1. The van der Waals surface area contributed by atoms with Crippen LogP contribution in [0.2, 0.25) is 10.0 Å². The van der Waals surface area contributed by atoms with Crippen molar-refractivity contribution in [3.05, 3.63) is 33.8 Å². The van der Waals surface area contributed by atoms with E-state index in [1.165, 1.54) is 0 Å². The van der Waals surface area contributed by atoms with Gasteiger partial charge in [0, 0.05) is 5.56 Å². The van der Waals surface area contributed by atoms with Crippen molar-refractivity contribution >= 4 is 41.0 Å². The van der Waals surface area contributed by atoms with Gasteiger partial charge in [0.1, 0.15) is 12.1 Å². The molecule has 1 heterocycles. The lowest BCUT2D eigenvalue weighted by Gasteiger charge is -2.06. The van der Waals surface area contributed by atoms with Gasteiger partial charge in [-0.05, 0) is 12.1 Å². The van der Waals surface area contributed by atoms with Crippen LogP contribution in [0.25, 0.3) is 11.3 Å². The van der Waals surface area contributed by atoms with Crippen LogP contribution >= 0.6 is 23.2 Å². The molecule has 1 amide bonds. The zero-order chi connectivity index (χ0) is 17.0. The van der Waals surface area contributed by atoms with Crippen LogP contribution in [0, 0.1) is 11.3 Å². The Labute approximate surface area is 140 Å². The van der Waals surface area contributed by atoms with Gasteiger partial charge in [-0.1, -0.05) is 34.4 Å². The molecule has 2 rings (SSSR count). The van der Waals surface area contributed by atoms with E-state index in [2.05, 4.69) is 15.2 Å². The van der Waals surface area contributed by atoms with Crippen molar-refractivity contribution in [1.82, 2.24) is 5.16 Å². The zero-order valence-electron chi connectivity index (χ0n) is 11.7. The number of esters is 1. The highest BCUT2D eigenvalue weighted by molar-refractivity contribution is 6.39. The van der Waals surface area contributed by atoms with Crippen molar-refractivity contribution in [3.8, 4) is 17.3 Å². The first-order valence-electron chi connectivity index (χ1n) is 6.18. The number of amides is 1. The lowest BCUT2D eigenvalue weighted by atomic mass is 10.1. The van der Waals surface area contributed by atoms with Gasteiger partial charge in [-0.15, -0.1) is 0 Å². The van der Waals surface area contributed by atoms with Crippen LogP contribution in [-0.2, 0) is 9.53 Å². The maximum Gasteiger partial charge on any atom is 0.345 e. The fourth-order valence-electron chi connectivity index (χ4n) is 1.80. The SMILES string of the molecule is COC(=O)c1c(-c2c(Cl)cccc2Cl)noc1NC(=O)CC#N. The number of carbonyl (C=O) groups is 2. The average Bonchev–Trinajstić information content (AvgIpc) is 2.90. The minimum Gasteiger partial charge on any atom is -0.465 e. The Kier molecular flexibility index (Phi) is 5.21. The minimum atomic E-state index is -0.801. The quantitative estimate of drug-likeness (QED) is 0.845. The summed E-state index contributed by atoms with van der Waals surface area (Å²) in [6.45, 7) is 0. The van der Waals surface area contributed by atoms with Gasteiger partial charge >= 0.3 is 5.97 Å². The number of nitrogens with zero attached hydrogens (tertiary/aromatic N) is 2. The molecule has 0 spiro atoms. The van der Waals surface area contributed by atoms with Crippen LogP contribution in [0.15, 0.2) is 22.7 Å². The van der Waals surface area contributed by atoms with Gasteiger partial charge in [-0.3, -0.25) is 10.1 Å². The minimum absolute atomic E-state index is 0.0275. The number of ether oxygens (including phenoxy) is 1. The molecule has 7 nitrogen and oxygen atoms in total. The molecule has 0 radical (unpaired) electrons. The number of nitriles is 1. The zero-order valence-corrected chi connectivity index (χ0v) is 13.2. The number of aromatic nitrogens is 1. The summed E-state index contributed by atoms with van der Waals surface area (Å²) in [7, 11) is 1.16. The highest BCUT2D eigenvalue weighted by atomic mass is 35.5. The van der Waals surface area contributed by atoms with Crippen molar-refractivity contribution in [2.75, 3.05) is 12.4 Å². The Morgan fingerprint density at radius 3 is 2.61 bits per heavy atom. The van der Waals surface area contributed by atoms with E-state index in [1.807, 2.05) is 0 Å². The third-order valence-electron chi connectivity index (χ3n) is 2.77. The molecular formula is C14H9Cl2N3O4. The normalized spacial score (nSPS) is 10.0. The smallest absolute Gasteiger partial charge is 0.345 e. The maximum atomic E-state index is 12.0. The van der Waals surface area contributed by atoms with Crippen LogP contribution in [-0.4, -0.2) is 24.1 Å². The Balaban J connectivity index is 2.58. The van der Waals surface area contributed by atoms with Crippen molar-refractivity contribution in [1.29, 1.82) is 5.26 Å². The first-order valence-corrected chi connectivity index (χ1v) is 6.94. The molecular weight excluding hydrogens is 345 g/mol. The molecule has 0 saturated heterocycles. The summed E-state index contributed by atoms with van der Waals surface area (Å²) in [6.07, 6.45) is -0.413. The molecule has 0 aliphatic rings. The molecule has 118 valence electrons. The summed E-state index contributed by atoms with van der Waals surface area (Å²) in [5.74, 6) is -1.71. The first kappa shape index (κ1) is 16.8. The highest BCUT2D eigenvalue weighted by Crippen LogP contribution is 2.38. The lowest BCUT2D eigenvalue weighted by molar-refractivity contribution is -0.115. The molecule has 1 aromatic carbocycles. The largest absolute Gasteiger partial charge is 0.465 e. The molecule has 0 unspecified atom stereocenters. The fourth-order valence-corrected chi connectivity index (χ4v) is 2.38. The number of hydrogen-bond donors (Lipinski definition) is 1. The number of benzene rings is 1. The highest BCUT2D eigenvalue weighted by Gasteiger charge is 2.28. The van der Waals surface area contributed by atoms with E-state index in [0.29, 0.717) is 0 Å². The molecule has 2 aromatic rings. The monoisotopic (exact) mass is 353 g/mol. The average molecular weight is 354 g/mol. The second kappa shape index (κ2) is 7.13. The van der Waals surface area contributed by atoms with E-state index in [9.17, 15) is 9.59 Å². The number of carbonyl (C=O) groups excluding carboxylic acids is 2. The summed E-state index contributed by atoms with van der Waals surface area (Å²) >= 11 is 12.2. The molecule has 0 bridgehead atoms. The number of methoxy groups -OCH3 is 1. The molecule has 0 atom stereocenters. The van der Waals surface area contributed by atoms with E-state index >= 15 is 0 Å². The van der Waals surface area contributed by atoms with E-state index < -0.39 is 18.3 Å². The second-order valence-electron chi connectivity index (χ2n) is 4.21. The van der Waals surface area contributed by atoms with E-state index in [1.54, 1.807) is 24.3 Å². The molecule has 1 aromatic heterocycles. The van der Waals surface area contributed by atoms with Gasteiger partial charge in [0.05, 0.1) is 23.2 Å². The van der Waals surface area contributed by atoms with Gasteiger partial charge in [0.2, 0.25) is 11.8 Å². The summed E-state index contributed by atoms with van der Waals surface area (Å²) in [6, 6.07) is 6.43. The Morgan fingerprint density at radius 2 is 2.04 bits per heavy atom. The molecule has 0 aliphatic carbocycles. The molecule has 0 aliphatic heterocycles. The van der Waals surface area contributed by atoms with Crippen molar-refractivity contribution in [2.45, 2.75) is 6.42 Å². The summed E-state index contributed by atoms with van der Waals surface area (Å²) in [5, 5.41) is 15.0. The molecule has 0 fully saturated rings.